The summed E-state index contributed by atoms with van der Waals surface area (Å²) in [5, 5.41) is 4.75. The van der Waals surface area contributed by atoms with Crippen LogP contribution in [0.4, 0.5) is 0 Å². The molecule has 0 radical (unpaired) electrons. The second kappa shape index (κ2) is 5.35. The largest absolute Gasteiger partial charge is 0.452 e. The fourth-order valence-electron chi connectivity index (χ4n) is 2.92. The minimum atomic E-state index is -0.141. The van der Waals surface area contributed by atoms with Gasteiger partial charge in [-0.2, -0.15) is 5.10 Å². The van der Waals surface area contributed by atoms with Crippen LogP contribution in [0.3, 0.4) is 0 Å². The smallest absolute Gasteiger partial charge is 0.275 e. The van der Waals surface area contributed by atoms with Crippen LogP contribution in [0, 0.1) is 0 Å². The van der Waals surface area contributed by atoms with E-state index in [1.165, 1.54) is 10.7 Å². The molecule has 23 heavy (non-hydrogen) atoms. The van der Waals surface area contributed by atoms with E-state index in [9.17, 15) is 4.79 Å². The van der Waals surface area contributed by atoms with Gasteiger partial charge < -0.3 is 9.32 Å². The Morgan fingerprint density at radius 3 is 3.13 bits per heavy atom. The van der Waals surface area contributed by atoms with E-state index < -0.39 is 0 Å². The molecule has 4 rings (SSSR count). The molecule has 4 heterocycles. The molecule has 0 bridgehead atoms. The van der Waals surface area contributed by atoms with Crippen LogP contribution in [0.1, 0.15) is 34.8 Å². The van der Waals surface area contributed by atoms with Gasteiger partial charge in [0.05, 0.1) is 17.3 Å². The van der Waals surface area contributed by atoms with Gasteiger partial charge in [-0.25, -0.2) is 9.50 Å². The fraction of sp³-hybridized carbons (Fsp3) is 0.267. The van der Waals surface area contributed by atoms with E-state index in [0.29, 0.717) is 27.6 Å². The highest BCUT2D eigenvalue weighted by Crippen LogP contribution is 2.34. The summed E-state index contributed by atoms with van der Waals surface area (Å²) in [6.45, 7) is 2.58. The first-order chi connectivity index (χ1) is 11.0. The van der Waals surface area contributed by atoms with Crippen molar-refractivity contribution in [2.45, 2.75) is 19.4 Å². The first kappa shape index (κ1) is 14.7. The molecule has 0 spiro atoms. The van der Waals surface area contributed by atoms with Crippen molar-refractivity contribution in [1.82, 2.24) is 19.5 Å². The fourth-order valence-corrected chi connectivity index (χ4v) is 3.51. The Kier molecular flexibility index (Phi) is 3.42. The van der Waals surface area contributed by atoms with Gasteiger partial charge in [0.15, 0.2) is 16.0 Å². The summed E-state index contributed by atoms with van der Waals surface area (Å²) in [6, 6.07) is 3.49. The Balaban J connectivity index is 1.68. The molecule has 0 aliphatic carbocycles. The second-order valence-corrected chi connectivity index (χ2v) is 6.69. The van der Waals surface area contributed by atoms with E-state index in [0.717, 1.165) is 17.7 Å². The topological polar surface area (TPSA) is 63.6 Å². The highest BCUT2D eigenvalue weighted by Gasteiger charge is 2.32. The molecule has 3 aromatic rings. The normalized spacial score (nSPS) is 17.5. The molecule has 6 nitrogen and oxygen atoms in total. The van der Waals surface area contributed by atoms with Gasteiger partial charge in [-0.05, 0) is 40.9 Å². The maximum atomic E-state index is 12.8. The third-order valence-electron chi connectivity index (χ3n) is 4.04. The quantitative estimate of drug-likeness (QED) is 0.632. The standard InChI is InChI=1S/C15H12BrClN4O2/c1-8-14-9(4-12(16)23-14)2-3-20(8)15(22)11-5-13-18-6-10(17)7-21(13)19-11/h4-8H,2-3H2,1H3. The van der Waals surface area contributed by atoms with Gasteiger partial charge in [0.2, 0.25) is 0 Å². The SMILES string of the molecule is CC1c2oc(Br)cc2CCN1C(=O)c1cc2ncc(Cl)cn2n1. The Hall–Kier alpha value is -1.86. The number of aromatic nitrogens is 3. The van der Waals surface area contributed by atoms with Crippen LogP contribution >= 0.6 is 27.5 Å². The monoisotopic (exact) mass is 394 g/mol. The summed E-state index contributed by atoms with van der Waals surface area (Å²) >= 11 is 9.25. The highest BCUT2D eigenvalue weighted by molar-refractivity contribution is 9.10. The zero-order valence-electron chi connectivity index (χ0n) is 12.2. The van der Waals surface area contributed by atoms with Gasteiger partial charge in [0, 0.05) is 18.8 Å². The summed E-state index contributed by atoms with van der Waals surface area (Å²) in [4.78, 5) is 18.7. The van der Waals surface area contributed by atoms with Gasteiger partial charge in [-0.15, -0.1) is 0 Å². The van der Waals surface area contributed by atoms with Gasteiger partial charge in [-0.1, -0.05) is 11.6 Å². The molecule has 3 aromatic heterocycles. The Labute approximate surface area is 145 Å². The zero-order valence-corrected chi connectivity index (χ0v) is 14.5. The number of hydrogen-bond donors (Lipinski definition) is 0. The first-order valence-electron chi connectivity index (χ1n) is 7.13. The predicted molar refractivity (Wildman–Crippen MR) is 87.6 cm³/mol. The van der Waals surface area contributed by atoms with Crippen LogP contribution < -0.4 is 0 Å². The number of furan rings is 1. The summed E-state index contributed by atoms with van der Waals surface area (Å²) in [5.74, 6) is 0.679. The molecule has 1 atom stereocenters. The Bertz CT molecular complexity index is 919. The van der Waals surface area contributed by atoms with E-state index in [2.05, 4.69) is 26.0 Å². The van der Waals surface area contributed by atoms with Crippen molar-refractivity contribution in [2.75, 3.05) is 6.54 Å². The molecule has 1 aliphatic rings. The van der Waals surface area contributed by atoms with Gasteiger partial charge >= 0.3 is 0 Å². The van der Waals surface area contributed by atoms with E-state index in [1.54, 1.807) is 17.2 Å². The van der Waals surface area contributed by atoms with Crippen molar-refractivity contribution in [3.63, 3.8) is 0 Å². The van der Waals surface area contributed by atoms with E-state index in [4.69, 9.17) is 16.0 Å². The van der Waals surface area contributed by atoms with Crippen molar-refractivity contribution in [2.24, 2.45) is 0 Å². The van der Waals surface area contributed by atoms with Crippen molar-refractivity contribution in [3.8, 4) is 0 Å². The maximum Gasteiger partial charge on any atom is 0.275 e. The molecule has 0 fully saturated rings. The third-order valence-corrected chi connectivity index (χ3v) is 4.63. The van der Waals surface area contributed by atoms with Crippen molar-refractivity contribution >= 4 is 39.1 Å². The van der Waals surface area contributed by atoms with Crippen molar-refractivity contribution < 1.29 is 9.21 Å². The van der Waals surface area contributed by atoms with E-state index in [-0.39, 0.29) is 11.9 Å². The van der Waals surface area contributed by atoms with Gasteiger partial charge in [-0.3, -0.25) is 4.79 Å². The maximum absolute atomic E-state index is 12.8. The number of carbonyl (C=O) groups is 1. The lowest BCUT2D eigenvalue weighted by molar-refractivity contribution is 0.0645. The van der Waals surface area contributed by atoms with Crippen LogP contribution in [-0.4, -0.2) is 31.9 Å². The molecule has 1 amide bonds. The molecule has 118 valence electrons. The minimum absolute atomic E-state index is 0.140. The van der Waals surface area contributed by atoms with Crippen molar-refractivity contribution in [1.29, 1.82) is 0 Å². The lowest BCUT2D eigenvalue weighted by Crippen LogP contribution is -2.38. The van der Waals surface area contributed by atoms with E-state index in [1.807, 2.05) is 13.0 Å². The Morgan fingerprint density at radius 2 is 2.30 bits per heavy atom. The molecule has 0 saturated heterocycles. The minimum Gasteiger partial charge on any atom is -0.452 e. The molecule has 0 N–H and O–H groups in total. The summed E-state index contributed by atoms with van der Waals surface area (Å²) in [7, 11) is 0. The number of rotatable bonds is 1. The van der Waals surface area contributed by atoms with Crippen LogP contribution in [0.5, 0.6) is 0 Å². The zero-order chi connectivity index (χ0) is 16.1. The van der Waals surface area contributed by atoms with Gasteiger partial charge in [0.1, 0.15) is 5.76 Å². The molecule has 1 aliphatic heterocycles. The summed E-state index contributed by atoms with van der Waals surface area (Å²) in [6.07, 6.45) is 3.92. The number of amides is 1. The van der Waals surface area contributed by atoms with Crippen LogP contribution in [0.25, 0.3) is 5.65 Å². The molecule has 0 saturated carbocycles. The predicted octanol–water partition coefficient (Wildman–Crippen LogP) is 3.50. The average molecular weight is 396 g/mol. The summed E-state index contributed by atoms with van der Waals surface area (Å²) < 4.78 is 7.88. The summed E-state index contributed by atoms with van der Waals surface area (Å²) in [5.41, 5.74) is 2.07. The third kappa shape index (κ3) is 2.44. The average Bonchev–Trinajstić information content (AvgIpc) is 3.09. The highest BCUT2D eigenvalue weighted by atomic mass is 79.9. The van der Waals surface area contributed by atoms with Crippen LogP contribution in [-0.2, 0) is 6.42 Å². The number of nitrogens with zero attached hydrogens (tertiary/aromatic N) is 4. The first-order valence-corrected chi connectivity index (χ1v) is 8.30. The number of fused-ring (bicyclic) bond motifs is 2. The van der Waals surface area contributed by atoms with Crippen molar-refractivity contribution in [3.05, 3.63) is 51.2 Å². The van der Waals surface area contributed by atoms with Gasteiger partial charge in [0.25, 0.3) is 5.91 Å². The van der Waals surface area contributed by atoms with Crippen LogP contribution in [0.15, 0.2) is 33.6 Å². The molecular formula is C15H12BrClN4O2. The molecular weight excluding hydrogens is 384 g/mol. The number of hydrogen-bond acceptors (Lipinski definition) is 4. The molecule has 1 unspecified atom stereocenters. The molecule has 0 aromatic carbocycles. The number of halogens is 2. The second-order valence-electron chi connectivity index (χ2n) is 5.47. The lowest BCUT2D eigenvalue weighted by Gasteiger charge is -2.31. The Morgan fingerprint density at radius 1 is 1.48 bits per heavy atom. The van der Waals surface area contributed by atoms with E-state index >= 15 is 0 Å². The van der Waals surface area contributed by atoms with Crippen LogP contribution in [0.2, 0.25) is 5.02 Å². The molecule has 8 heteroatoms. The number of carbonyl (C=O) groups excluding carboxylic acids is 1. The lowest BCUT2D eigenvalue weighted by atomic mass is 10.0.